The van der Waals surface area contributed by atoms with Gasteiger partial charge in [-0.3, -0.25) is 0 Å². The van der Waals surface area contributed by atoms with Gasteiger partial charge in [-0.05, 0) is 51.2 Å². The van der Waals surface area contributed by atoms with E-state index in [0.29, 0.717) is 5.41 Å². The molecule has 1 N–H and O–H groups in total. The molecule has 0 aromatic rings. The molecule has 0 unspecified atom stereocenters. The molecule has 1 saturated carbocycles. The molecule has 0 saturated heterocycles. The molecule has 0 aliphatic heterocycles. The van der Waals surface area contributed by atoms with Crippen molar-refractivity contribution in [2.24, 2.45) is 5.41 Å². The van der Waals surface area contributed by atoms with E-state index in [1.165, 1.54) is 77.5 Å². The van der Waals surface area contributed by atoms with Gasteiger partial charge in [-0.25, -0.2) is 0 Å². The van der Waals surface area contributed by atoms with Crippen molar-refractivity contribution >= 4 is 0 Å². The minimum Gasteiger partial charge on any atom is -0.319 e. The van der Waals surface area contributed by atoms with Gasteiger partial charge in [-0.1, -0.05) is 39.5 Å². The zero-order valence-corrected chi connectivity index (χ0v) is 12.9. The van der Waals surface area contributed by atoms with Gasteiger partial charge in [0.15, 0.2) is 0 Å². The van der Waals surface area contributed by atoms with Gasteiger partial charge in [0.1, 0.15) is 0 Å². The van der Waals surface area contributed by atoms with Crippen LogP contribution in [0.3, 0.4) is 0 Å². The van der Waals surface area contributed by atoms with E-state index in [9.17, 15) is 0 Å². The van der Waals surface area contributed by atoms with Crippen molar-refractivity contribution in [2.45, 2.75) is 65.2 Å². The fourth-order valence-corrected chi connectivity index (χ4v) is 3.40. The van der Waals surface area contributed by atoms with Gasteiger partial charge in [0.25, 0.3) is 0 Å². The number of nitrogens with one attached hydrogen (secondary N) is 1. The highest BCUT2D eigenvalue weighted by atomic mass is 15.1. The predicted octanol–water partition coefficient (Wildman–Crippen LogP) is 3.67. The van der Waals surface area contributed by atoms with E-state index < -0.39 is 0 Å². The fourth-order valence-electron chi connectivity index (χ4n) is 3.40. The molecule has 0 radical (unpaired) electrons. The average Bonchev–Trinajstić information content (AvgIpc) is 2.82. The fraction of sp³-hybridized carbons (Fsp3) is 1.00. The Morgan fingerprint density at radius 3 is 2.00 bits per heavy atom. The van der Waals surface area contributed by atoms with E-state index >= 15 is 0 Å². The molecule has 1 aliphatic rings. The van der Waals surface area contributed by atoms with Crippen molar-refractivity contribution in [2.75, 3.05) is 33.2 Å². The molecule has 1 fully saturated rings. The molecule has 1 rings (SSSR count). The van der Waals surface area contributed by atoms with Crippen molar-refractivity contribution in [1.82, 2.24) is 10.2 Å². The maximum absolute atomic E-state index is 3.44. The van der Waals surface area contributed by atoms with E-state index in [1.54, 1.807) is 0 Å². The van der Waals surface area contributed by atoms with Crippen LogP contribution in [0.2, 0.25) is 0 Å². The summed E-state index contributed by atoms with van der Waals surface area (Å²) in [5.41, 5.74) is 0.580. The third-order valence-electron chi connectivity index (χ3n) is 4.43. The molecule has 0 amide bonds. The molecular formula is C16H34N2. The number of hydrogen-bond acceptors (Lipinski definition) is 2. The van der Waals surface area contributed by atoms with Crippen LogP contribution in [0.25, 0.3) is 0 Å². The molecule has 0 aromatic heterocycles. The standard InChI is InChI=1S/C16H34N2/c1-4-6-12-18(13-7-5-2)15-16(14-17-3)10-8-9-11-16/h17H,4-15H2,1-3H3. The molecule has 18 heavy (non-hydrogen) atoms. The molecule has 108 valence electrons. The maximum Gasteiger partial charge on any atom is 0.00501 e. The monoisotopic (exact) mass is 254 g/mol. The Morgan fingerprint density at radius 2 is 1.56 bits per heavy atom. The Kier molecular flexibility index (Phi) is 7.92. The van der Waals surface area contributed by atoms with Crippen LogP contribution in [0, 0.1) is 5.41 Å². The quantitative estimate of drug-likeness (QED) is 0.640. The lowest BCUT2D eigenvalue weighted by Gasteiger charge is -2.35. The van der Waals surface area contributed by atoms with Crippen molar-refractivity contribution < 1.29 is 0 Å². The van der Waals surface area contributed by atoms with E-state index in [2.05, 4.69) is 31.1 Å². The van der Waals surface area contributed by atoms with E-state index in [0.717, 1.165) is 0 Å². The van der Waals surface area contributed by atoms with E-state index in [4.69, 9.17) is 0 Å². The summed E-state index contributed by atoms with van der Waals surface area (Å²) in [6, 6.07) is 0. The third-order valence-corrected chi connectivity index (χ3v) is 4.43. The van der Waals surface area contributed by atoms with Crippen molar-refractivity contribution in [1.29, 1.82) is 0 Å². The van der Waals surface area contributed by atoms with Crippen LogP contribution >= 0.6 is 0 Å². The molecule has 0 heterocycles. The highest BCUT2D eigenvalue weighted by molar-refractivity contribution is 4.89. The van der Waals surface area contributed by atoms with Crippen LogP contribution in [0.4, 0.5) is 0 Å². The lowest BCUT2D eigenvalue weighted by Crippen LogP contribution is -2.42. The minimum absolute atomic E-state index is 0.580. The topological polar surface area (TPSA) is 15.3 Å². The van der Waals surface area contributed by atoms with E-state index in [1.807, 2.05) is 0 Å². The number of rotatable bonds is 10. The van der Waals surface area contributed by atoms with Gasteiger partial charge in [0.05, 0.1) is 0 Å². The summed E-state index contributed by atoms with van der Waals surface area (Å²) in [6.07, 6.45) is 11.1. The third kappa shape index (κ3) is 5.27. The average molecular weight is 254 g/mol. The first kappa shape index (κ1) is 16.0. The van der Waals surface area contributed by atoms with Gasteiger partial charge in [-0.2, -0.15) is 0 Å². The van der Waals surface area contributed by atoms with Gasteiger partial charge in [0, 0.05) is 13.1 Å². The molecule has 0 aromatic carbocycles. The zero-order valence-electron chi connectivity index (χ0n) is 12.9. The highest BCUT2D eigenvalue weighted by Crippen LogP contribution is 2.38. The summed E-state index contributed by atoms with van der Waals surface area (Å²) in [6.45, 7) is 9.76. The van der Waals surface area contributed by atoms with Crippen LogP contribution in [0.15, 0.2) is 0 Å². The molecule has 0 spiro atoms. The summed E-state index contributed by atoms with van der Waals surface area (Å²) in [7, 11) is 2.11. The van der Waals surface area contributed by atoms with Gasteiger partial charge in [-0.15, -0.1) is 0 Å². The van der Waals surface area contributed by atoms with Crippen LogP contribution in [-0.4, -0.2) is 38.1 Å². The Balaban J connectivity index is 2.49. The molecule has 2 nitrogen and oxygen atoms in total. The predicted molar refractivity (Wildman–Crippen MR) is 81.1 cm³/mol. The first-order chi connectivity index (χ1) is 8.76. The second-order valence-corrected chi connectivity index (χ2v) is 6.22. The first-order valence-corrected chi connectivity index (χ1v) is 8.13. The van der Waals surface area contributed by atoms with Crippen LogP contribution in [0.5, 0.6) is 0 Å². The summed E-state index contributed by atoms with van der Waals surface area (Å²) in [4.78, 5) is 2.75. The largest absolute Gasteiger partial charge is 0.319 e. The summed E-state index contributed by atoms with van der Waals surface area (Å²) in [5.74, 6) is 0. The van der Waals surface area contributed by atoms with E-state index in [-0.39, 0.29) is 0 Å². The maximum atomic E-state index is 3.44. The second-order valence-electron chi connectivity index (χ2n) is 6.22. The Hall–Kier alpha value is -0.0800. The first-order valence-electron chi connectivity index (χ1n) is 8.13. The minimum atomic E-state index is 0.580. The van der Waals surface area contributed by atoms with Crippen molar-refractivity contribution in [3.05, 3.63) is 0 Å². The van der Waals surface area contributed by atoms with Crippen LogP contribution in [-0.2, 0) is 0 Å². The Bertz CT molecular complexity index is 189. The van der Waals surface area contributed by atoms with Crippen LogP contribution < -0.4 is 5.32 Å². The second kappa shape index (κ2) is 8.92. The summed E-state index contributed by atoms with van der Waals surface area (Å²) < 4.78 is 0. The van der Waals surface area contributed by atoms with Gasteiger partial charge < -0.3 is 10.2 Å². The number of hydrogen-bond donors (Lipinski definition) is 1. The van der Waals surface area contributed by atoms with Gasteiger partial charge >= 0.3 is 0 Å². The Labute approximate surface area is 115 Å². The molecular weight excluding hydrogens is 220 g/mol. The SMILES string of the molecule is CCCCN(CCCC)CC1(CNC)CCCC1. The Morgan fingerprint density at radius 1 is 1.00 bits per heavy atom. The lowest BCUT2D eigenvalue weighted by molar-refractivity contribution is 0.147. The number of nitrogens with zero attached hydrogens (tertiary/aromatic N) is 1. The zero-order chi connectivity index (χ0) is 13.3. The number of unbranched alkanes of at least 4 members (excludes halogenated alkanes) is 2. The summed E-state index contributed by atoms with van der Waals surface area (Å²) in [5, 5.41) is 3.44. The highest BCUT2D eigenvalue weighted by Gasteiger charge is 2.34. The van der Waals surface area contributed by atoms with Crippen LogP contribution in [0.1, 0.15) is 65.2 Å². The normalized spacial score (nSPS) is 18.7. The van der Waals surface area contributed by atoms with Crippen molar-refractivity contribution in [3.8, 4) is 0 Å². The molecule has 1 aliphatic carbocycles. The van der Waals surface area contributed by atoms with Crippen molar-refractivity contribution in [3.63, 3.8) is 0 Å². The van der Waals surface area contributed by atoms with Gasteiger partial charge in [0.2, 0.25) is 0 Å². The summed E-state index contributed by atoms with van der Waals surface area (Å²) >= 11 is 0. The molecule has 0 atom stereocenters. The lowest BCUT2D eigenvalue weighted by atomic mass is 9.85. The smallest absolute Gasteiger partial charge is 0.00501 e. The molecule has 0 bridgehead atoms. The molecule has 2 heteroatoms.